The first-order valence-corrected chi connectivity index (χ1v) is 19.5. The standard InChI is InChI=1S/C25H56O4Si3/c1-18(2)31(19(3)4,20(5)6)28-25(30-15-13-14-26-16-24-17-27-24)29-32(21(7)8,22(9)10)23(11)12/h18-25H,13-17,30H2,1-12H3. The van der Waals surface area contributed by atoms with E-state index in [2.05, 4.69) is 83.1 Å². The summed E-state index contributed by atoms with van der Waals surface area (Å²) in [6.45, 7) is 31.1. The van der Waals surface area contributed by atoms with Crippen LogP contribution in [0.15, 0.2) is 0 Å². The monoisotopic (exact) mass is 504 g/mol. The zero-order valence-corrected chi connectivity index (χ0v) is 26.9. The predicted molar refractivity (Wildman–Crippen MR) is 147 cm³/mol. The lowest BCUT2D eigenvalue weighted by Gasteiger charge is -2.49. The van der Waals surface area contributed by atoms with E-state index < -0.39 is 26.2 Å². The quantitative estimate of drug-likeness (QED) is 0.0921. The van der Waals surface area contributed by atoms with Crippen molar-refractivity contribution in [3.8, 4) is 0 Å². The third-order valence-electron chi connectivity index (χ3n) is 7.77. The van der Waals surface area contributed by atoms with Crippen molar-refractivity contribution in [3.63, 3.8) is 0 Å². The Morgan fingerprint density at radius 3 is 1.41 bits per heavy atom. The Bertz CT molecular complexity index is 442. The molecule has 0 aromatic heterocycles. The zero-order chi connectivity index (χ0) is 24.7. The molecule has 0 aromatic rings. The molecule has 1 heterocycles. The Labute approximate surface area is 205 Å². The molecule has 1 aliphatic rings. The molecule has 1 fully saturated rings. The van der Waals surface area contributed by atoms with E-state index in [-0.39, 0.29) is 5.91 Å². The molecule has 0 aliphatic carbocycles. The van der Waals surface area contributed by atoms with Crippen LogP contribution >= 0.6 is 0 Å². The highest BCUT2D eigenvalue weighted by atomic mass is 28.4. The van der Waals surface area contributed by atoms with Gasteiger partial charge in [0.2, 0.25) is 16.6 Å². The maximum atomic E-state index is 7.34. The van der Waals surface area contributed by atoms with Gasteiger partial charge in [0.25, 0.3) is 0 Å². The second-order valence-electron chi connectivity index (χ2n) is 11.8. The summed E-state index contributed by atoms with van der Waals surface area (Å²) in [6.07, 6.45) is 1.47. The summed E-state index contributed by atoms with van der Waals surface area (Å²) >= 11 is 0. The van der Waals surface area contributed by atoms with E-state index in [1.54, 1.807) is 0 Å². The lowest BCUT2D eigenvalue weighted by molar-refractivity contribution is 0.0409. The Hall–Kier alpha value is 0.491. The summed E-state index contributed by atoms with van der Waals surface area (Å²) in [5.74, 6) is 0.0412. The average molecular weight is 505 g/mol. The molecule has 0 aromatic carbocycles. The molecule has 0 radical (unpaired) electrons. The third-order valence-corrected chi connectivity index (χ3v) is 22.3. The van der Waals surface area contributed by atoms with Crippen molar-refractivity contribution in [1.82, 2.24) is 0 Å². The van der Waals surface area contributed by atoms with Gasteiger partial charge in [0, 0.05) is 6.61 Å². The fourth-order valence-electron chi connectivity index (χ4n) is 6.31. The molecule has 1 rings (SSSR count). The molecule has 4 nitrogen and oxygen atoms in total. The van der Waals surface area contributed by atoms with Crippen LogP contribution in [0.4, 0.5) is 0 Å². The molecule has 192 valence electrons. The molecule has 7 heteroatoms. The van der Waals surface area contributed by atoms with Crippen LogP contribution in [0.5, 0.6) is 0 Å². The van der Waals surface area contributed by atoms with Crippen LogP contribution in [0.25, 0.3) is 0 Å². The fraction of sp³-hybridized carbons (Fsp3) is 1.00. The van der Waals surface area contributed by atoms with E-state index in [0.29, 0.717) is 39.4 Å². The van der Waals surface area contributed by atoms with Crippen LogP contribution in [-0.2, 0) is 18.3 Å². The topological polar surface area (TPSA) is 40.2 Å². The molecular weight excluding hydrogens is 449 g/mol. The molecule has 32 heavy (non-hydrogen) atoms. The van der Waals surface area contributed by atoms with Gasteiger partial charge < -0.3 is 18.3 Å². The maximum absolute atomic E-state index is 7.34. The van der Waals surface area contributed by atoms with Crippen molar-refractivity contribution >= 4 is 26.2 Å². The second-order valence-corrected chi connectivity index (χ2v) is 24.6. The third kappa shape index (κ3) is 7.75. The summed E-state index contributed by atoms with van der Waals surface area (Å²) in [7, 11) is -4.53. The minimum absolute atomic E-state index is 0.0412. The molecule has 0 N–H and O–H groups in total. The van der Waals surface area contributed by atoms with E-state index in [9.17, 15) is 0 Å². The zero-order valence-electron chi connectivity index (χ0n) is 23.5. The molecule has 0 bridgehead atoms. The van der Waals surface area contributed by atoms with E-state index >= 15 is 0 Å². The molecule has 0 spiro atoms. The first kappa shape index (κ1) is 30.5. The van der Waals surface area contributed by atoms with Gasteiger partial charge in [-0.2, -0.15) is 0 Å². The van der Waals surface area contributed by atoms with Crippen molar-refractivity contribution in [3.05, 3.63) is 0 Å². The summed E-state index contributed by atoms with van der Waals surface area (Å²) < 4.78 is 25.7. The van der Waals surface area contributed by atoms with Crippen molar-refractivity contribution in [1.29, 1.82) is 0 Å². The van der Waals surface area contributed by atoms with Gasteiger partial charge in [-0.05, 0) is 39.7 Å². The minimum atomic E-state index is -1.99. The van der Waals surface area contributed by atoms with Gasteiger partial charge in [-0.1, -0.05) is 89.1 Å². The van der Waals surface area contributed by atoms with Gasteiger partial charge in [-0.3, -0.25) is 0 Å². The van der Waals surface area contributed by atoms with Gasteiger partial charge in [0.05, 0.1) is 22.7 Å². The van der Waals surface area contributed by atoms with Gasteiger partial charge >= 0.3 is 0 Å². The SMILES string of the molecule is CC(C)[Si](OC(O[Si](C(C)C)(C(C)C)C(C)C)[SiH2]CCCOCC1CO1)(C(C)C)C(C)C. The highest BCUT2D eigenvalue weighted by molar-refractivity contribution is 6.79. The van der Waals surface area contributed by atoms with Gasteiger partial charge in [-0.25, -0.2) is 0 Å². The van der Waals surface area contributed by atoms with Gasteiger partial charge in [-0.15, -0.1) is 0 Å². The van der Waals surface area contributed by atoms with Crippen LogP contribution in [0.3, 0.4) is 0 Å². The maximum Gasteiger partial charge on any atom is 0.203 e. The molecule has 1 saturated heterocycles. The molecule has 0 saturated carbocycles. The van der Waals surface area contributed by atoms with Crippen LogP contribution in [0.2, 0.25) is 39.3 Å². The van der Waals surface area contributed by atoms with Crippen LogP contribution < -0.4 is 0 Å². The molecule has 1 aliphatic heterocycles. The number of hydrogen-bond donors (Lipinski definition) is 0. The predicted octanol–water partition coefficient (Wildman–Crippen LogP) is 7.05. The largest absolute Gasteiger partial charge is 0.396 e. The minimum Gasteiger partial charge on any atom is -0.396 e. The number of epoxide rings is 1. The normalized spacial score (nSPS) is 18.3. The first-order valence-electron chi connectivity index (χ1n) is 13.4. The van der Waals surface area contributed by atoms with Crippen molar-refractivity contribution < 1.29 is 18.3 Å². The fourth-order valence-corrected chi connectivity index (χ4v) is 20.5. The van der Waals surface area contributed by atoms with E-state index in [1.165, 1.54) is 6.04 Å². The van der Waals surface area contributed by atoms with Crippen LogP contribution in [0.1, 0.15) is 89.5 Å². The molecular formula is C25H56O4Si3. The highest BCUT2D eigenvalue weighted by Crippen LogP contribution is 2.46. The van der Waals surface area contributed by atoms with Gasteiger partial charge in [0.15, 0.2) is 0 Å². The number of ether oxygens (including phenoxy) is 2. The van der Waals surface area contributed by atoms with Crippen molar-refractivity contribution in [2.45, 2.75) is 141 Å². The Kier molecular flexibility index (Phi) is 12.9. The molecule has 1 atom stereocenters. The second kappa shape index (κ2) is 13.5. The average Bonchev–Trinajstić information content (AvgIpc) is 3.48. The Morgan fingerprint density at radius 2 is 1.09 bits per heavy atom. The summed E-state index contributed by atoms with van der Waals surface area (Å²) in [5.41, 5.74) is 3.49. The van der Waals surface area contributed by atoms with E-state index in [1.807, 2.05) is 0 Å². The van der Waals surface area contributed by atoms with Crippen molar-refractivity contribution in [2.24, 2.45) is 0 Å². The number of hydrogen-bond acceptors (Lipinski definition) is 4. The number of rotatable bonds is 17. The lowest BCUT2D eigenvalue weighted by Crippen LogP contribution is -2.57. The summed E-state index contributed by atoms with van der Waals surface area (Å²) in [5, 5.41) is 0. The van der Waals surface area contributed by atoms with E-state index in [4.69, 9.17) is 18.3 Å². The highest BCUT2D eigenvalue weighted by Gasteiger charge is 2.51. The van der Waals surface area contributed by atoms with Crippen LogP contribution in [0, 0.1) is 0 Å². The lowest BCUT2D eigenvalue weighted by atomic mass is 10.5. The van der Waals surface area contributed by atoms with Gasteiger partial charge in [0.1, 0.15) is 12.0 Å². The van der Waals surface area contributed by atoms with Crippen molar-refractivity contribution in [2.75, 3.05) is 19.8 Å². The first-order chi connectivity index (χ1) is 14.8. The smallest absolute Gasteiger partial charge is 0.203 e. The Morgan fingerprint density at radius 1 is 0.719 bits per heavy atom. The van der Waals surface area contributed by atoms with Crippen LogP contribution in [-0.4, -0.2) is 58.0 Å². The summed E-state index contributed by atoms with van der Waals surface area (Å²) in [4.78, 5) is 0. The summed E-state index contributed by atoms with van der Waals surface area (Å²) in [6, 6.07) is 1.22. The molecule has 1 unspecified atom stereocenters. The van der Waals surface area contributed by atoms with E-state index in [0.717, 1.165) is 26.2 Å². The Balaban J connectivity index is 3.06. The molecule has 0 amide bonds.